The topological polar surface area (TPSA) is 27.7 Å². The molecule has 1 unspecified atom stereocenters. The van der Waals surface area contributed by atoms with Gasteiger partial charge in [-0.25, -0.2) is 4.98 Å². The molecule has 11 aromatic rings. The predicted molar refractivity (Wildman–Crippen MR) is 221 cm³/mol. The normalized spacial score (nSPS) is 15.5. The van der Waals surface area contributed by atoms with E-state index in [2.05, 4.69) is 196 Å². The molecule has 1 aliphatic carbocycles. The van der Waals surface area contributed by atoms with E-state index in [-0.39, 0.29) is 0 Å². The Morgan fingerprint density at radius 3 is 1.70 bits per heavy atom. The van der Waals surface area contributed by atoms with Crippen molar-refractivity contribution in [3.05, 3.63) is 205 Å². The van der Waals surface area contributed by atoms with E-state index >= 15 is 0 Å². The van der Waals surface area contributed by atoms with Crippen molar-refractivity contribution in [2.24, 2.45) is 0 Å². The van der Waals surface area contributed by atoms with Crippen molar-refractivity contribution in [2.45, 2.75) is 5.41 Å². The molecule has 0 saturated heterocycles. The van der Waals surface area contributed by atoms with Gasteiger partial charge in [0.25, 0.3) is 0 Å². The highest BCUT2D eigenvalue weighted by atomic mass is 15.1. The molecule has 0 saturated carbocycles. The second-order valence-corrected chi connectivity index (χ2v) is 14.7. The molecule has 2 aliphatic rings. The molecule has 54 heavy (non-hydrogen) atoms. The number of hydrogen-bond donors (Lipinski definition) is 0. The third kappa shape index (κ3) is 3.29. The van der Waals surface area contributed by atoms with Crippen molar-refractivity contribution in [3.63, 3.8) is 0 Å². The van der Waals surface area contributed by atoms with Crippen molar-refractivity contribution < 1.29 is 0 Å². The van der Waals surface area contributed by atoms with E-state index in [1.165, 1.54) is 77.1 Å². The highest BCUT2D eigenvalue weighted by Crippen LogP contribution is 2.60. The maximum atomic E-state index is 5.48. The molecule has 1 aliphatic heterocycles. The summed E-state index contributed by atoms with van der Waals surface area (Å²) >= 11 is 0. The molecule has 3 aromatic heterocycles. The zero-order valence-electron chi connectivity index (χ0n) is 29.1. The Bertz CT molecular complexity index is 3400. The zero-order chi connectivity index (χ0) is 35.1. The van der Waals surface area contributed by atoms with Crippen LogP contribution in [0.5, 0.6) is 0 Å². The van der Waals surface area contributed by atoms with E-state index < -0.39 is 5.41 Å². The summed E-state index contributed by atoms with van der Waals surface area (Å²) in [4.78, 5) is 5.48. The Hall–Kier alpha value is -7.17. The summed E-state index contributed by atoms with van der Waals surface area (Å²) in [6.07, 6.45) is 0. The standard InChI is InChI=1S/C50H30N4/c1-2-14-31(15-3-1)52-41-22-10-5-17-35(41)47-45(52)28-29-46-48(47)36-18-6-11-23-42(36)53(46)32-26-27-34-33-16-4-7-19-37(33)50(39(34)30-32)38-20-8-12-24-43(38)54-44-25-13-9-21-40(44)51-49(50)54/h1-30H. The van der Waals surface area contributed by atoms with Crippen LogP contribution in [0.25, 0.3) is 82.8 Å². The van der Waals surface area contributed by atoms with Gasteiger partial charge in [0, 0.05) is 32.9 Å². The van der Waals surface area contributed by atoms with Gasteiger partial charge in [-0.3, -0.25) is 4.57 Å². The molecule has 13 rings (SSSR count). The van der Waals surface area contributed by atoms with Gasteiger partial charge in [-0.15, -0.1) is 0 Å². The summed E-state index contributed by atoms with van der Waals surface area (Å²) in [7, 11) is 0. The first-order chi connectivity index (χ1) is 26.8. The van der Waals surface area contributed by atoms with Gasteiger partial charge in [0.1, 0.15) is 11.2 Å². The summed E-state index contributed by atoms with van der Waals surface area (Å²) in [5.41, 5.74) is 16.3. The minimum Gasteiger partial charge on any atom is -0.309 e. The zero-order valence-corrected chi connectivity index (χ0v) is 29.1. The van der Waals surface area contributed by atoms with Gasteiger partial charge in [-0.05, 0) is 94.5 Å². The van der Waals surface area contributed by atoms with Crippen LogP contribution in [-0.2, 0) is 5.41 Å². The lowest BCUT2D eigenvalue weighted by Crippen LogP contribution is -2.27. The maximum absolute atomic E-state index is 5.48. The number of rotatable bonds is 2. The van der Waals surface area contributed by atoms with Gasteiger partial charge >= 0.3 is 0 Å². The lowest BCUT2D eigenvalue weighted by atomic mass is 9.73. The van der Waals surface area contributed by atoms with Crippen LogP contribution in [0.3, 0.4) is 0 Å². The highest BCUT2D eigenvalue weighted by molar-refractivity contribution is 6.29. The van der Waals surface area contributed by atoms with Gasteiger partial charge in [0.05, 0.1) is 38.8 Å². The van der Waals surface area contributed by atoms with E-state index in [9.17, 15) is 0 Å². The molecule has 4 heterocycles. The number of imidazole rings is 1. The molecule has 0 fully saturated rings. The van der Waals surface area contributed by atoms with Crippen LogP contribution < -0.4 is 0 Å². The average molecular weight is 687 g/mol. The lowest BCUT2D eigenvalue weighted by Gasteiger charge is -2.27. The third-order valence-corrected chi connectivity index (χ3v) is 12.2. The quantitative estimate of drug-likeness (QED) is 0.178. The van der Waals surface area contributed by atoms with Crippen molar-refractivity contribution in [3.8, 4) is 28.2 Å². The second-order valence-electron chi connectivity index (χ2n) is 14.7. The van der Waals surface area contributed by atoms with Crippen LogP contribution in [0.15, 0.2) is 182 Å². The van der Waals surface area contributed by atoms with Gasteiger partial charge in [0.2, 0.25) is 0 Å². The molecule has 0 bridgehead atoms. The molecule has 8 aromatic carbocycles. The van der Waals surface area contributed by atoms with Crippen LogP contribution in [0.4, 0.5) is 0 Å². The number of hydrogen-bond acceptors (Lipinski definition) is 1. The smallest absolute Gasteiger partial charge is 0.134 e. The Balaban J connectivity index is 1.15. The largest absolute Gasteiger partial charge is 0.309 e. The van der Waals surface area contributed by atoms with Crippen LogP contribution in [0.1, 0.15) is 22.5 Å². The van der Waals surface area contributed by atoms with Crippen LogP contribution >= 0.6 is 0 Å². The molecule has 0 N–H and O–H groups in total. The molecule has 4 heteroatoms. The molecule has 0 amide bonds. The predicted octanol–water partition coefficient (Wildman–Crippen LogP) is 11.9. The maximum Gasteiger partial charge on any atom is 0.134 e. The molecular formula is C50H30N4. The number of para-hydroxylation sites is 6. The van der Waals surface area contributed by atoms with Crippen LogP contribution in [-0.4, -0.2) is 18.7 Å². The molecule has 4 nitrogen and oxygen atoms in total. The van der Waals surface area contributed by atoms with Gasteiger partial charge in [-0.2, -0.15) is 0 Å². The fourth-order valence-electron chi connectivity index (χ4n) is 10.2. The number of benzene rings is 8. The summed E-state index contributed by atoms with van der Waals surface area (Å²) in [6.45, 7) is 0. The summed E-state index contributed by atoms with van der Waals surface area (Å²) < 4.78 is 7.30. The number of fused-ring (bicyclic) bond motifs is 19. The molecule has 1 atom stereocenters. The first-order valence-corrected chi connectivity index (χ1v) is 18.7. The van der Waals surface area contributed by atoms with Crippen molar-refractivity contribution in [1.29, 1.82) is 0 Å². The van der Waals surface area contributed by atoms with Crippen molar-refractivity contribution in [2.75, 3.05) is 0 Å². The monoisotopic (exact) mass is 686 g/mol. The average Bonchev–Trinajstić information content (AvgIpc) is 4.01. The first kappa shape index (κ1) is 28.4. The second kappa shape index (κ2) is 10.0. The van der Waals surface area contributed by atoms with E-state index in [0.717, 1.165) is 28.2 Å². The van der Waals surface area contributed by atoms with Crippen LogP contribution in [0, 0.1) is 0 Å². The summed E-state index contributed by atoms with van der Waals surface area (Å²) in [5.74, 6) is 1.06. The Morgan fingerprint density at radius 2 is 0.944 bits per heavy atom. The lowest BCUT2D eigenvalue weighted by molar-refractivity contribution is 0.737. The first-order valence-electron chi connectivity index (χ1n) is 18.7. The van der Waals surface area contributed by atoms with E-state index in [1.807, 2.05) is 0 Å². The van der Waals surface area contributed by atoms with Gasteiger partial charge < -0.3 is 9.13 Å². The van der Waals surface area contributed by atoms with Crippen LogP contribution in [0.2, 0.25) is 0 Å². The molecule has 0 radical (unpaired) electrons. The van der Waals surface area contributed by atoms with E-state index in [4.69, 9.17) is 4.98 Å². The molecular weight excluding hydrogens is 657 g/mol. The van der Waals surface area contributed by atoms with Gasteiger partial charge in [-0.1, -0.05) is 115 Å². The fraction of sp³-hybridized carbons (Fsp3) is 0.0200. The van der Waals surface area contributed by atoms with Gasteiger partial charge in [0.15, 0.2) is 0 Å². The van der Waals surface area contributed by atoms with E-state index in [0.29, 0.717) is 0 Å². The minimum atomic E-state index is -0.563. The molecule has 250 valence electrons. The Kier molecular flexibility index (Phi) is 5.28. The third-order valence-electron chi connectivity index (χ3n) is 12.2. The van der Waals surface area contributed by atoms with Crippen molar-refractivity contribution >= 4 is 54.6 Å². The summed E-state index contributed by atoms with van der Waals surface area (Å²) in [6, 6.07) is 66.7. The summed E-state index contributed by atoms with van der Waals surface area (Å²) in [5, 5.41) is 5.07. The SMILES string of the molecule is c1ccc(-n2c3ccccc3c3c4c5ccccc5n(-c5ccc6c(c5)C5(c7ccccc7-6)c6ccccc6-n6c5nc5ccccc56)c4ccc32)cc1. The number of aromatic nitrogens is 4. The number of nitrogens with zero attached hydrogens (tertiary/aromatic N) is 4. The van der Waals surface area contributed by atoms with E-state index in [1.54, 1.807) is 0 Å². The molecule has 1 spiro atoms. The minimum absolute atomic E-state index is 0.563. The highest BCUT2D eigenvalue weighted by Gasteiger charge is 2.54. The Labute approximate surface area is 310 Å². The van der Waals surface area contributed by atoms with Crippen molar-refractivity contribution in [1.82, 2.24) is 18.7 Å². The fourth-order valence-corrected chi connectivity index (χ4v) is 10.2. The Morgan fingerprint density at radius 1 is 0.370 bits per heavy atom.